The minimum atomic E-state index is -0.477. The summed E-state index contributed by atoms with van der Waals surface area (Å²) in [4.78, 5) is 14.9. The molecule has 11 aromatic rings. The van der Waals surface area contributed by atoms with Crippen LogP contribution in [0.25, 0.3) is 104 Å². The van der Waals surface area contributed by atoms with Gasteiger partial charge in [0.2, 0.25) is 0 Å². The summed E-state index contributed by atoms with van der Waals surface area (Å²) in [6.07, 6.45) is 0. The highest BCUT2D eigenvalue weighted by Crippen LogP contribution is 2.44. The Bertz CT molecular complexity index is 3440. The summed E-state index contributed by atoms with van der Waals surface area (Å²) in [6.45, 7) is 0. The third kappa shape index (κ3) is 5.01. The van der Waals surface area contributed by atoms with Gasteiger partial charge in [0, 0.05) is 53.3 Å². The number of rotatable bonds is 5. The quantitative estimate of drug-likeness (QED) is 0.178. The fourth-order valence-corrected chi connectivity index (χ4v) is 8.77. The van der Waals surface area contributed by atoms with Gasteiger partial charge in [0.25, 0.3) is 0 Å². The minimum Gasteiger partial charge on any atom is -0.309 e. The van der Waals surface area contributed by atoms with Gasteiger partial charge in [-0.15, -0.1) is 11.3 Å². The second-order valence-electron chi connectivity index (χ2n) is 13.3. The Kier molecular flexibility index (Phi) is 5.92. The lowest BCUT2D eigenvalue weighted by atomic mass is 9.99. The van der Waals surface area contributed by atoms with Gasteiger partial charge < -0.3 is 4.57 Å². The van der Waals surface area contributed by atoms with E-state index >= 15 is 0 Å². The van der Waals surface area contributed by atoms with Crippen LogP contribution in [0.2, 0.25) is 0 Å². The van der Waals surface area contributed by atoms with E-state index in [1.54, 1.807) is 11.3 Å². The molecule has 0 radical (unpaired) electrons. The predicted molar refractivity (Wildman–Crippen MR) is 226 cm³/mol. The number of aromatic nitrogens is 4. The van der Waals surface area contributed by atoms with Crippen LogP contribution in [0, 0.1) is 0 Å². The van der Waals surface area contributed by atoms with Crippen LogP contribution in [-0.2, 0) is 0 Å². The molecule has 0 N–H and O–H groups in total. The molecule has 0 bridgehead atoms. The van der Waals surface area contributed by atoms with E-state index in [-0.39, 0.29) is 23.5 Å². The smallest absolute Gasteiger partial charge is 0.165 e. The lowest BCUT2D eigenvalue weighted by molar-refractivity contribution is 1.07. The van der Waals surface area contributed by atoms with E-state index in [0.29, 0.717) is 17.2 Å². The third-order valence-electron chi connectivity index (χ3n) is 10.1. The molecule has 0 spiro atoms. The van der Waals surface area contributed by atoms with Crippen LogP contribution in [0.3, 0.4) is 0 Å². The Morgan fingerprint density at radius 2 is 1.07 bits per heavy atom. The van der Waals surface area contributed by atoms with Crippen LogP contribution in [0.5, 0.6) is 0 Å². The van der Waals surface area contributed by atoms with Crippen molar-refractivity contribution in [3.63, 3.8) is 0 Å². The fourth-order valence-electron chi connectivity index (χ4n) is 7.59. The van der Waals surface area contributed by atoms with Gasteiger partial charge in [-0.1, -0.05) is 139 Å². The molecule has 3 aromatic heterocycles. The highest BCUT2D eigenvalue weighted by atomic mass is 32.1. The predicted octanol–water partition coefficient (Wildman–Crippen LogP) is 13.2. The maximum Gasteiger partial charge on any atom is 0.165 e. The summed E-state index contributed by atoms with van der Waals surface area (Å²) < 4.78 is 47.3. The first kappa shape index (κ1) is 25.9. The highest BCUT2D eigenvalue weighted by molar-refractivity contribution is 7.26. The molecule has 4 nitrogen and oxygen atoms in total. The van der Waals surface area contributed by atoms with Crippen LogP contribution in [0.4, 0.5) is 0 Å². The van der Waals surface area contributed by atoms with Crippen molar-refractivity contribution in [2.45, 2.75) is 0 Å². The monoisotopic (exact) mass is 711 g/mol. The number of para-hydroxylation sites is 2. The van der Waals surface area contributed by atoms with Gasteiger partial charge in [-0.25, -0.2) is 15.0 Å². The lowest BCUT2D eigenvalue weighted by Gasteiger charge is -2.13. The van der Waals surface area contributed by atoms with Crippen LogP contribution >= 0.6 is 11.3 Å². The number of nitrogens with zero attached hydrogens (tertiary/aromatic N) is 4. The Morgan fingerprint density at radius 1 is 0.444 bits per heavy atom. The van der Waals surface area contributed by atoms with Gasteiger partial charge in [-0.3, -0.25) is 0 Å². The lowest BCUT2D eigenvalue weighted by Crippen LogP contribution is -2.01. The fraction of sp³-hybridized carbons (Fsp3) is 0. The van der Waals surface area contributed by atoms with Gasteiger partial charge >= 0.3 is 0 Å². The van der Waals surface area contributed by atoms with Crippen molar-refractivity contribution < 1.29 is 6.85 Å². The van der Waals surface area contributed by atoms with E-state index in [1.807, 2.05) is 30.3 Å². The Morgan fingerprint density at radius 3 is 1.85 bits per heavy atom. The molecule has 0 unspecified atom stereocenters. The van der Waals surface area contributed by atoms with Crippen molar-refractivity contribution in [3.05, 3.63) is 182 Å². The molecule has 0 aliphatic carbocycles. The first-order valence-electron chi connectivity index (χ1n) is 20.2. The molecular formula is C49H30N4S. The van der Waals surface area contributed by atoms with E-state index in [9.17, 15) is 0 Å². The molecule has 0 saturated carbocycles. The molecular weight excluding hydrogens is 677 g/mol. The molecule has 0 fully saturated rings. The first-order valence-corrected chi connectivity index (χ1v) is 18.5. The van der Waals surface area contributed by atoms with Gasteiger partial charge in [0.15, 0.2) is 17.5 Å². The molecule has 5 heteroatoms. The maximum atomic E-state index is 8.87. The molecule has 8 aromatic carbocycles. The van der Waals surface area contributed by atoms with Crippen LogP contribution in [0.15, 0.2) is 182 Å². The average molecular weight is 712 g/mol. The summed E-state index contributed by atoms with van der Waals surface area (Å²) in [5.41, 5.74) is 6.59. The topological polar surface area (TPSA) is 43.6 Å². The summed E-state index contributed by atoms with van der Waals surface area (Å²) in [6, 6.07) is 50.0. The molecule has 0 aliphatic rings. The standard InChI is InChI=1S/C49H30N4S/c1-3-14-32(15-4-1)47-50-48(33-16-5-2-6-17-33)52-49(51-47)42-30-37(53-43-21-11-9-19-38(43)39-20-10-12-22-44(39)53)29-41-40-28-36(25-26-45(40)54-46(41)42)35-24-23-31-13-7-8-18-34(31)27-35/h1-30H/i1D,3D,4D,14D,15D. The van der Waals surface area contributed by atoms with E-state index in [2.05, 4.69) is 126 Å². The maximum absolute atomic E-state index is 8.87. The number of fused-ring (bicyclic) bond motifs is 7. The molecule has 252 valence electrons. The van der Waals surface area contributed by atoms with E-state index in [0.717, 1.165) is 64.4 Å². The average Bonchev–Trinajstić information content (AvgIpc) is 3.83. The minimum absolute atomic E-state index is 0.000899. The molecule has 3 heterocycles. The van der Waals surface area contributed by atoms with Crippen LogP contribution < -0.4 is 0 Å². The van der Waals surface area contributed by atoms with Crippen LogP contribution in [0.1, 0.15) is 6.85 Å². The molecule has 0 aliphatic heterocycles. The Balaban J connectivity index is 1.24. The number of hydrogen-bond donors (Lipinski definition) is 0. The van der Waals surface area contributed by atoms with Crippen molar-refractivity contribution in [2.75, 3.05) is 0 Å². The van der Waals surface area contributed by atoms with Crippen molar-refractivity contribution in [1.82, 2.24) is 19.5 Å². The van der Waals surface area contributed by atoms with Gasteiger partial charge in [0.05, 0.1) is 17.9 Å². The Hall–Kier alpha value is -6.95. The van der Waals surface area contributed by atoms with Crippen molar-refractivity contribution >= 4 is 64.1 Å². The van der Waals surface area contributed by atoms with Crippen molar-refractivity contribution in [1.29, 1.82) is 0 Å². The molecule has 0 saturated heterocycles. The second-order valence-corrected chi connectivity index (χ2v) is 14.3. The number of benzene rings is 8. The van der Waals surface area contributed by atoms with Crippen LogP contribution in [-0.4, -0.2) is 19.5 Å². The van der Waals surface area contributed by atoms with Gasteiger partial charge in [-0.05, 0) is 64.4 Å². The second kappa shape index (κ2) is 12.3. The molecule has 11 rings (SSSR count). The summed E-state index contributed by atoms with van der Waals surface area (Å²) in [7, 11) is 0. The molecule has 54 heavy (non-hydrogen) atoms. The van der Waals surface area contributed by atoms with Gasteiger partial charge in [-0.2, -0.15) is 0 Å². The normalized spacial score (nSPS) is 13.0. The van der Waals surface area contributed by atoms with E-state index in [1.165, 1.54) is 10.8 Å². The largest absolute Gasteiger partial charge is 0.309 e. The highest BCUT2D eigenvalue weighted by Gasteiger charge is 2.21. The molecule has 0 amide bonds. The zero-order valence-electron chi connectivity index (χ0n) is 33.6. The zero-order valence-corrected chi connectivity index (χ0v) is 29.4. The van der Waals surface area contributed by atoms with Crippen molar-refractivity contribution in [3.8, 4) is 51.0 Å². The zero-order chi connectivity index (χ0) is 39.9. The first-order chi connectivity index (χ1) is 28.8. The Labute approximate surface area is 322 Å². The van der Waals surface area contributed by atoms with Crippen molar-refractivity contribution in [2.24, 2.45) is 0 Å². The number of hydrogen-bond acceptors (Lipinski definition) is 4. The summed E-state index contributed by atoms with van der Waals surface area (Å²) >= 11 is 1.65. The van der Waals surface area contributed by atoms with E-state index in [4.69, 9.17) is 21.8 Å². The van der Waals surface area contributed by atoms with E-state index < -0.39 is 18.1 Å². The van der Waals surface area contributed by atoms with Gasteiger partial charge in [0.1, 0.15) is 0 Å². The summed E-state index contributed by atoms with van der Waals surface area (Å²) in [5.74, 6) is 0.656. The third-order valence-corrected chi connectivity index (χ3v) is 11.3. The summed E-state index contributed by atoms with van der Waals surface area (Å²) in [5, 5.41) is 6.74. The molecule has 0 atom stereocenters. The number of thiophene rings is 1. The SMILES string of the molecule is [2H]c1c([2H])c([2H])c(-c2nc(-c3ccccc3)nc(-c3cc(-n4c5ccccc5c5ccccc54)cc4c3sc3ccc(-c5ccc6ccccc6c5)cc34)n2)c([2H])c1[2H].